The molecule has 2 N–H and O–H groups in total. The zero-order valence-corrected chi connectivity index (χ0v) is 11.4. The van der Waals surface area contributed by atoms with Crippen molar-refractivity contribution in [2.75, 3.05) is 11.9 Å². The Morgan fingerprint density at radius 1 is 1.21 bits per heavy atom. The molecule has 0 aliphatic heterocycles. The predicted molar refractivity (Wildman–Crippen MR) is 78.1 cm³/mol. The van der Waals surface area contributed by atoms with Gasteiger partial charge >= 0.3 is 0 Å². The number of anilines is 1. The summed E-state index contributed by atoms with van der Waals surface area (Å²) in [4.78, 5) is 0. The largest absolute Gasteiger partial charge is 0.506 e. The van der Waals surface area contributed by atoms with Crippen molar-refractivity contribution >= 4 is 17.3 Å². The number of benzene rings is 2. The third-order valence-corrected chi connectivity index (χ3v) is 2.98. The highest BCUT2D eigenvalue weighted by Gasteiger charge is 2.03. The van der Waals surface area contributed by atoms with Crippen molar-refractivity contribution in [1.29, 1.82) is 0 Å². The Morgan fingerprint density at radius 2 is 2.00 bits per heavy atom. The second kappa shape index (κ2) is 6.34. The molecule has 0 unspecified atom stereocenters. The Kier molecular flexibility index (Phi) is 4.53. The number of hydrogen-bond acceptors (Lipinski definition) is 3. The van der Waals surface area contributed by atoms with E-state index in [1.807, 2.05) is 37.3 Å². The van der Waals surface area contributed by atoms with Crippen LogP contribution in [0, 0.1) is 0 Å². The van der Waals surface area contributed by atoms with E-state index in [1.165, 1.54) is 0 Å². The zero-order chi connectivity index (χ0) is 13.7. The first-order valence-corrected chi connectivity index (χ1v) is 6.51. The van der Waals surface area contributed by atoms with Crippen molar-refractivity contribution in [3.05, 3.63) is 53.1 Å². The van der Waals surface area contributed by atoms with Crippen LogP contribution >= 0.6 is 11.6 Å². The van der Waals surface area contributed by atoms with Gasteiger partial charge in [-0.3, -0.25) is 0 Å². The van der Waals surface area contributed by atoms with Crippen LogP contribution in [-0.2, 0) is 6.54 Å². The van der Waals surface area contributed by atoms with Gasteiger partial charge in [0, 0.05) is 6.54 Å². The number of nitrogens with one attached hydrogen (secondary N) is 1. The zero-order valence-electron chi connectivity index (χ0n) is 10.7. The summed E-state index contributed by atoms with van der Waals surface area (Å²) in [5, 5.41) is 13.0. The van der Waals surface area contributed by atoms with Gasteiger partial charge < -0.3 is 15.2 Å². The summed E-state index contributed by atoms with van der Waals surface area (Å²) in [5.74, 6) is 0.926. The van der Waals surface area contributed by atoms with Gasteiger partial charge in [-0.1, -0.05) is 29.8 Å². The van der Waals surface area contributed by atoms with E-state index in [2.05, 4.69) is 5.32 Å². The van der Waals surface area contributed by atoms with Crippen molar-refractivity contribution in [2.45, 2.75) is 13.5 Å². The van der Waals surface area contributed by atoms with Crippen LogP contribution in [0.1, 0.15) is 12.5 Å². The van der Waals surface area contributed by atoms with Gasteiger partial charge in [0.15, 0.2) is 0 Å². The van der Waals surface area contributed by atoms with E-state index in [9.17, 15) is 5.11 Å². The van der Waals surface area contributed by atoms with E-state index in [1.54, 1.807) is 12.1 Å². The molecule has 2 rings (SSSR count). The highest BCUT2D eigenvalue weighted by Crippen LogP contribution is 2.26. The molecule has 2 aromatic rings. The molecule has 0 spiro atoms. The van der Waals surface area contributed by atoms with Crippen LogP contribution in [0.3, 0.4) is 0 Å². The highest BCUT2D eigenvalue weighted by molar-refractivity contribution is 6.32. The van der Waals surface area contributed by atoms with Gasteiger partial charge in [0.1, 0.15) is 11.5 Å². The number of rotatable bonds is 5. The fourth-order valence-corrected chi connectivity index (χ4v) is 1.95. The summed E-state index contributed by atoms with van der Waals surface area (Å²) in [6, 6.07) is 12.9. The lowest BCUT2D eigenvalue weighted by atomic mass is 10.2. The molecule has 19 heavy (non-hydrogen) atoms. The van der Waals surface area contributed by atoms with Gasteiger partial charge in [-0.15, -0.1) is 0 Å². The smallest absolute Gasteiger partial charge is 0.142 e. The number of aromatic hydroxyl groups is 1. The van der Waals surface area contributed by atoms with Gasteiger partial charge in [-0.05, 0) is 36.8 Å². The van der Waals surface area contributed by atoms with Gasteiger partial charge in [0.2, 0.25) is 0 Å². The summed E-state index contributed by atoms with van der Waals surface area (Å²) in [7, 11) is 0. The summed E-state index contributed by atoms with van der Waals surface area (Å²) in [6.45, 7) is 3.20. The number of halogens is 1. The standard InChI is InChI=1S/C15H16ClNO2/c1-2-19-15-6-4-3-5-13(15)17-10-11-7-8-14(18)12(16)9-11/h3-9,17-18H,2,10H2,1H3. The van der Waals surface area contributed by atoms with E-state index in [-0.39, 0.29) is 5.75 Å². The van der Waals surface area contributed by atoms with Gasteiger partial charge in [-0.25, -0.2) is 0 Å². The summed E-state index contributed by atoms with van der Waals surface area (Å²) in [6.07, 6.45) is 0. The maximum atomic E-state index is 9.37. The Labute approximate surface area is 117 Å². The number of phenols is 1. The predicted octanol–water partition coefficient (Wildman–Crippen LogP) is 4.06. The first kappa shape index (κ1) is 13.6. The van der Waals surface area contributed by atoms with Crippen LogP contribution < -0.4 is 10.1 Å². The summed E-state index contributed by atoms with van der Waals surface area (Å²) >= 11 is 5.87. The van der Waals surface area contributed by atoms with Gasteiger partial charge in [-0.2, -0.15) is 0 Å². The summed E-state index contributed by atoms with van der Waals surface area (Å²) in [5.41, 5.74) is 1.93. The van der Waals surface area contributed by atoms with E-state index in [0.717, 1.165) is 17.0 Å². The van der Waals surface area contributed by atoms with Crippen LogP contribution in [0.4, 0.5) is 5.69 Å². The Bertz CT molecular complexity index is 558. The minimum atomic E-state index is 0.0973. The maximum absolute atomic E-state index is 9.37. The number of para-hydroxylation sites is 2. The maximum Gasteiger partial charge on any atom is 0.142 e. The fourth-order valence-electron chi connectivity index (χ4n) is 1.75. The second-order valence-corrected chi connectivity index (χ2v) is 4.48. The quantitative estimate of drug-likeness (QED) is 0.866. The minimum Gasteiger partial charge on any atom is -0.506 e. The molecule has 0 amide bonds. The number of ether oxygens (including phenoxy) is 1. The Morgan fingerprint density at radius 3 is 2.74 bits per heavy atom. The molecule has 4 heteroatoms. The average molecular weight is 278 g/mol. The molecule has 0 saturated carbocycles. The Hall–Kier alpha value is -1.87. The first-order chi connectivity index (χ1) is 9.20. The van der Waals surface area contributed by atoms with Crippen molar-refractivity contribution < 1.29 is 9.84 Å². The van der Waals surface area contributed by atoms with E-state index < -0.39 is 0 Å². The molecular formula is C15H16ClNO2. The van der Waals surface area contributed by atoms with Crippen molar-refractivity contribution in [3.8, 4) is 11.5 Å². The molecule has 0 saturated heterocycles. The van der Waals surface area contributed by atoms with Crippen LogP contribution in [0.5, 0.6) is 11.5 Å². The van der Waals surface area contributed by atoms with Gasteiger partial charge in [0.05, 0.1) is 17.3 Å². The SMILES string of the molecule is CCOc1ccccc1NCc1ccc(O)c(Cl)c1. The van der Waals surface area contributed by atoms with Crippen LogP contribution in [-0.4, -0.2) is 11.7 Å². The molecule has 0 radical (unpaired) electrons. The number of phenolic OH excluding ortho intramolecular Hbond substituents is 1. The molecule has 0 bridgehead atoms. The molecule has 0 aromatic heterocycles. The second-order valence-electron chi connectivity index (χ2n) is 4.07. The van der Waals surface area contributed by atoms with Gasteiger partial charge in [0.25, 0.3) is 0 Å². The normalized spacial score (nSPS) is 10.2. The lowest BCUT2D eigenvalue weighted by Gasteiger charge is -2.12. The van der Waals surface area contributed by atoms with Crippen molar-refractivity contribution in [3.63, 3.8) is 0 Å². The average Bonchev–Trinajstić information content (AvgIpc) is 2.42. The van der Waals surface area contributed by atoms with E-state index in [0.29, 0.717) is 18.2 Å². The molecule has 100 valence electrons. The minimum absolute atomic E-state index is 0.0973. The molecule has 3 nitrogen and oxygen atoms in total. The van der Waals surface area contributed by atoms with Crippen molar-refractivity contribution in [1.82, 2.24) is 0 Å². The first-order valence-electron chi connectivity index (χ1n) is 6.13. The molecule has 2 aromatic carbocycles. The van der Waals surface area contributed by atoms with Crippen LogP contribution in [0.15, 0.2) is 42.5 Å². The van der Waals surface area contributed by atoms with E-state index >= 15 is 0 Å². The third kappa shape index (κ3) is 3.55. The third-order valence-electron chi connectivity index (χ3n) is 2.68. The fraction of sp³-hybridized carbons (Fsp3) is 0.200. The Balaban J connectivity index is 2.07. The molecular weight excluding hydrogens is 262 g/mol. The lowest BCUT2D eigenvalue weighted by molar-refractivity contribution is 0.341. The number of hydrogen-bond donors (Lipinski definition) is 2. The molecule has 0 fully saturated rings. The highest BCUT2D eigenvalue weighted by atomic mass is 35.5. The van der Waals surface area contributed by atoms with Crippen molar-refractivity contribution in [2.24, 2.45) is 0 Å². The molecule has 0 atom stereocenters. The summed E-state index contributed by atoms with van der Waals surface area (Å²) < 4.78 is 5.54. The lowest BCUT2D eigenvalue weighted by Crippen LogP contribution is -2.02. The topological polar surface area (TPSA) is 41.5 Å². The molecule has 0 aliphatic rings. The molecule has 0 aliphatic carbocycles. The monoisotopic (exact) mass is 277 g/mol. The van der Waals surface area contributed by atoms with Crippen LogP contribution in [0.25, 0.3) is 0 Å². The molecule has 0 heterocycles. The van der Waals surface area contributed by atoms with E-state index in [4.69, 9.17) is 16.3 Å². The van der Waals surface area contributed by atoms with Crippen LogP contribution in [0.2, 0.25) is 5.02 Å².